The van der Waals surface area contributed by atoms with Crippen molar-refractivity contribution in [1.82, 2.24) is 10.2 Å². The maximum Gasteiger partial charge on any atom is 0.289 e. The number of nitrogens with two attached hydrogens (primary N) is 1. The molecule has 1 aromatic heterocycles. The number of hydrogen-bond acceptors (Lipinski definition) is 3. The predicted molar refractivity (Wildman–Crippen MR) is 60.3 cm³/mol. The molecule has 0 aliphatic heterocycles. The van der Waals surface area contributed by atoms with E-state index < -0.39 is 0 Å². The van der Waals surface area contributed by atoms with Crippen molar-refractivity contribution in [3.8, 4) is 0 Å². The minimum Gasteiger partial charge on any atom is -0.382 e. The van der Waals surface area contributed by atoms with Crippen LogP contribution in [0.1, 0.15) is 5.56 Å². The highest BCUT2D eigenvalue weighted by molar-refractivity contribution is 5.68. The highest BCUT2D eigenvalue weighted by atomic mass is 16.1. The van der Waals surface area contributed by atoms with Gasteiger partial charge < -0.3 is 11.1 Å². The molecule has 5 heteroatoms. The summed E-state index contributed by atoms with van der Waals surface area (Å²) >= 11 is 0. The van der Waals surface area contributed by atoms with Gasteiger partial charge in [-0.05, 0) is 19.1 Å². The SMILES string of the molecule is Cc1ccc(Nc2c(N)[nH][nH]c2=O)cc1. The van der Waals surface area contributed by atoms with Gasteiger partial charge in [-0.15, -0.1) is 0 Å². The largest absolute Gasteiger partial charge is 0.382 e. The number of anilines is 3. The molecule has 0 radical (unpaired) electrons. The lowest BCUT2D eigenvalue weighted by atomic mass is 10.2. The van der Waals surface area contributed by atoms with Gasteiger partial charge in [-0.3, -0.25) is 15.0 Å². The summed E-state index contributed by atoms with van der Waals surface area (Å²) in [5.41, 5.74) is 7.65. The van der Waals surface area contributed by atoms with Crippen LogP contribution in [-0.2, 0) is 0 Å². The van der Waals surface area contributed by atoms with Crippen LogP contribution in [0.2, 0.25) is 0 Å². The molecule has 0 fully saturated rings. The van der Waals surface area contributed by atoms with E-state index in [1.165, 1.54) is 0 Å². The molecule has 5 nitrogen and oxygen atoms in total. The average Bonchev–Trinajstić information content (AvgIpc) is 2.53. The zero-order valence-corrected chi connectivity index (χ0v) is 8.29. The molecule has 0 unspecified atom stereocenters. The molecule has 0 saturated carbocycles. The van der Waals surface area contributed by atoms with Gasteiger partial charge in [0.05, 0.1) is 0 Å². The number of aromatic amines is 2. The molecule has 78 valence electrons. The molecule has 0 amide bonds. The first-order valence-electron chi connectivity index (χ1n) is 4.56. The lowest BCUT2D eigenvalue weighted by molar-refractivity contribution is 1.06. The Kier molecular flexibility index (Phi) is 2.21. The third-order valence-electron chi connectivity index (χ3n) is 2.13. The van der Waals surface area contributed by atoms with E-state index in [-0.39, 0.29) is 5.56 Å². The van der Waals surface area contributed by atoms with Crippen molar-refractivity contribution in [3.63, 3.8) is 0 Å². The molecule has 0 spiro atoms. The first-order valence-corrected chi connectivity index (χ1v) is 4.56. The summed E-state index contributed by atoms with van der Waals surface area (Å²) in [6.45, 7) is 2.00. The van der Waals surface area contributed by atoms with E-state index in [4.69, 9.17) is 5.73 Å². The molecule has 0 aliphatic rings. The second-order valence-corrected chi connectivity index (χ2v) is 3.36. The predicted octanol–water partition coefficient (Wildman–Crippen LogP) is 1.34. The number of rotatable bonds is 2. The number of aryl methyl sites for hydroxylation is 1. The minimum absolute atomic E-state index is 0.256. The van der Waals surface area contributed by atoms with Gasteiger partial charge in [0, 0.05) is 5.69 Å². The number of nitrogens with one attached hydrogen (secondary N) is 3. The molecule has 0 atom stereocenters. The molecule has 1 heterocycles. The monoisotopic (exact) mass is 204 g/mol. The fourth-order valence-corrected chi connectivity index (χ4v) is 1.28. The summed E-state index contributed by atoms with van der Waals surface area (Å²) in [6.07, 6.45) is 0. The van der Waals surface area contributed by atoms with Gasteiger partial charge >= 0.3 is 0 Å². The molecular weight excluding hydrogens is 192 g/mol. The normalized spacial score (nSPS) is 10.2. The van der Waals surface area contributed by atoms with Crippen LogP contribution in [0.25, 0.3) is 0 Å². The lowest BCUT2D eigenvalue weighted by Gasteiger charge is -2.03. The summed E-state index contributed by atoms with van der Waals surface area (Å²) < 4.78 is 0. The van der Waals surface area contributed by atoms with Crippen molar-refractivity contribution in [2.75, 3.05) is 11.1 Å². The Hall–Kier alpha value is -2.17. The Morgan fingerprint density at radius 2 is 1.87 bits per heavy atom. The number of benzene rings is 1. The Balaban J connectivity index is 2.29. The Bertz CT molecular complexity index is 509. The Morgan fingerprint density at radius 3 is 2.40 bits per heavy atom. The van der Waals surface area contributed by atoms with Crippen LogP contribution in [0.15, 0.2) is 29.1 Å². The smallest absolute Gasteiger partial charge is 0.289 e. The minimum atomic E-state index is -0.256. The highest BCUT2D eigenvalue weighted by Crippen LogP contribution is 2.16. The van der Waals surface area contributed by atoms with Gasteiger partial charge in [-0.1, -0.05) is 17.7 Å². The first kappa shape index (κ1) is 9.39. The van der Waals surface area contributed by atoms with Crippen LogP contribution in [-0.4, -0.2) is 10.2 Å². The van der Waals surface area contributed by atoms with Crippen LogP contribution in [0, 0.1) is 6.92 Å². The van der Waals surface area contributed by atoms with Crippen LogP contribution in [0.5, 0.6) is 0 Å². The molecule has 0 aliphatic carbocycles. The number of nitrogen functional groups attached to an aromatic ring is 1. The quantitative estimate of drug-likeness (QED) is 0.595. The molecule has 5 N–H and O–H groups in total. The van der Waals surface area contributed by atoms with Crippen molar-refractivity contribution in [1.29, 1.82) is 0 Å². The standard InChI is InChI=1S/C10H12N4O/c1-6-2-4-7(5-3-6)12-8-9(11)13-14-10(8)15/h2-5,12H,1H3,(H4,11,13,14,15). The number of H-pyrrole nitrogens is 2. The summed E-state index contributed by atoms with van der Waals surface area (Å²) in [5, 5.41) is 7.89. The van der Waals surface area contributed by atoms with Crippen molar-refractivity contribution < 1.29 is 0 Å². The van der Waals surface area contributed by atoms with Gasteiger partial charge in [0.2, 0.25) is 0 Å². The van der Waals surface area contributed by atoms with Crippen LogP contribution in [0.3, 0.4) is 0 Å². The van der Waals surface area contributed by atoms with Crippen molar-refractivity contribution >= 4 is 17.2 Å². The van der Waals surface area contributed by atoms with Crippen molar-refractivity contribution in [2.24, 2.45) is 0 Å². The van der Waals surface area contributed by atoms with E-state index in [2.05, 4.69) is 15.5 Å². The van der Waals surface area contributed by atoms with Gasteiger partial charge in [-0.2, -0.15) is 0 Å². The van der Waals surface area contributed by atoms with Gasteiger partial charge in [0.25, 0.3) is 5.56 Å². The van der Waals surface area contributed by atoms with E-state index in [1.54, 1.807) is 0 Å². The number of hydrogen-bond donors (Lipinski definition) is 4. The summed E-state index contributed by atoms with van der Waals surface area (Å²) in [7, 11) is 0. The molecule has 15 heavy (non-hydrogen) atoms. The van der Waals surface area contributed by atoms with E-state index in [9.17, 15) is 4.79 Å². The van der Waals surface area contributed by atoms with Crippen molar-refractivity contribution in [3.05, 3.63) is 40.2 Å². The van der Waals surface area contributed by atoms with Crippen LogP contribution >= 0.6 is 0 Å². The molecule has 1 aromatic carbocycles. The van der Waals surface area contributed by atoms with E-state index in [0.717, 1.165) is 11.3 Å². The van der Waals surface area contributed by atoms with Crippen molar-refractivity contribution in [2.45, 2.75) is 6.92 Å². The maximum absolute atomic E-state index is 11.3. The third-order valence-corrected chi connectivity index (χ3v) is 2.13. The first-order chi connectivity index (χ1) is 7.16. The summed E-state index contributed by atoms with van der Waals surface area (Å²) in [4.78, 5) is 11.3. The molecule has 0 saturated heterocycles. The number of aromatic nitrogens is 2. The second-order valence-electron chi connectivity index (χ2n) is 3.36. The zero-order valence-electron chi connectivity index (χ0n) is 8.29. The molecule has 0 bridgehead atoms. The van der Waals surface area contributed by atoms with Gasteiger partial charge in [0.1, 0.15) is 11.5 Å². The maximum atomic E-state index is 11.3. The van der Waals surface area contributed by atoms with E-state index in [0.29, 0.717) is 11.5 Å². The Morgan fingerprint density at radius 1 is 1.20 bits per heavy atom. The third kappa shape index (κ3) is 1.85. The van der Waals surface area contributed by atoms with Gasteiger partial charge in [-0.25, -0.2) is 0 Å². The van der Waals surface area contributed by atoms with Gasteiger partial charge in [0.15, 0.2) is 0 Å². The fourth-order valence-electron chi connectivity index (χ4n) is 1.28. The molecule has 2 rings (SSSR count). The Labute approximate surface area is 86.3 Å². The van der Waals surface area contributed by atoms with E-state index >= 15 is 0 Å². The summed E-state index contributed by atoms with van der Waals surface area (Å²) in [6, 6.07) is 7.70. The van der Waals surface area contributed by atoms with Crippen LogP contribution < -0.4 is 16.6 Å². The van der Waals surface area contributed by atoms with Crippen LogP contribution in [0.4, 0.5) is 17.2 Å². The molecular formula is C10H12N4O. The topological polar surface area (TPSA) is 86.7 Å². The lowest BCUT2D eigenvalue weighted by Crippen LogP contribution is -2.06. The average molecular weight is 204 g/mol. The second kappa shape index (κ2) is 3.53. The molecule has 2 aromatic rings. The highest BCUT2D eigenvalue weighted by Gasteiger charge is 2.05. The summed E-state index contributed by atoms with van der Waals surface area (Å²) in [5.74, 6) is 0.306. The zero-order chi connectivity index (χ0) is 10.8. The fraction of sp³-hybridized carbons (Fsp3) is 0.100. The van der Waals surface area contributed by atoms with E-state index in [1.807, 2.05) is 31.2 Å².